The van der Waals surface area contributed by atoms with E-state index < -0.39 is 11.5 Å². The SMILES string of the molecule is C=C(C1CC1)N1CC2(CC(c3nnc4n3-c3ccc(Cl)cc3CN(C3(C)CC(F)(F)C3)C4)C2)C1. The van der Waals surface area contributed by atoms with Gasteiger partial charge in [-0.3, -0.25) is 9.47 Å². The van der Waals surface area contributed by atoms with Crippen LogP contribution >= 0.6 is 11.6 Å². The average molecular weight is 486 g/mol. The molecule has 0 N–H and O–H groups in total. The Hall–Kier alpha value is -1.99. The normalized spacial score (nSPS) is 26.6. The molecule has 3 heterocycles. The highest BCUT2D eigenvalue weighted by Gasteiger charge is 2.58. The van der Waals surface area contributed by atoms with Crippen molar-refractivity contribution in [2.45, 2.75) is 75.9 Å². The van der Waals surface area contributed by atoms with E-state index in [0.29, 0.717) is 29.4 Å². The van der Waals surface area contributed by atoms with Crippen LogP contribution in [0.1, 0.15) is 68.6 Å². The van der Waals surface area contributed by atoms with Gasteiger partial charge >= 0.3 is 0 Å². The number of allylic oxidation sites excluding steroid dienone is 1. The van der Waals surface area contributed by atoms with Crippen LogP contribution in [0.3, 0.4) is 0 Å². The van der Waals surface area contributed by atoms with E-state index in [1.807, 2.05) is 25.1 Å². The number of hydrogen-bond acceptors (Lipinski definition) is 4. The van der Waals surface area contributed by atoms with Crippen molar-refractivity contribution < 1.29 is 8.78 Å². The molecule has 5 nitrogen and oxygen atoms in total. The third-order valence-electron chi connectivity index (χ3n) is 9.00. The minimum absolute atomic E-state index is 0.120. The standard InChI is InChI=1S/C26H30ClF2N5/c1-16(17-3-4-17)32-14-25(15-32)8-19(9-25)23-31-30-22-11-33(24(2)12-26(28,29)13-24)10-18-7-20(27)5-6-21(18)34(22)23/h5-7,17,19H,1,3-4,8-15H2,2H3. The molecule has 3 saturated carbocycles. The molecular formula is C26H30ClF2N5. The molecule has 1 spiro atoms. The Bertz CT molecular complexity index is 1180. The van der Waals surface area contributed by atoms with Crippen molar-refractivity contribution in [1.82, 2.24) is 24.6 Å². The second kappa shape index (κ2) is 6.82. The molecule has 180 valence electrons. The Labute approximate surface area is 203 Å². The van der Waals surface area contributed by atoms with Gasteiger partial charge in [-0.25, -0.2) is 8.78 Å². The van der Waals surface area contributed by atoms with Gasteiger partial charge < -0.3 is 4.90 Å². The second-order valence-electron chi connectivity index (χ2n) is 11.9. The van der Waals surface area contributed by atoms with Crippen LogP contribution in [-0.4, -0.2) is 49.1 Å². The van der Waals surface area contributed by atoms with E-state index in [1.165, 1.54) is 18.5 Å². The van der Waals surface area contributed by atoms with Crippen LogP contribution in [0.2, 0.25) is 5.02 Å². The zero-order valence-electron chi connectivity index (χ0n) is 19.5. The molecule has 5 aliphatic rings. The third kappa shape index (κ3) is 3.19. The second-order valence-corrected chi connectivity index (χ2v) is 12.3. The molecule has 2 aromatic rings. The summed E-state index contributed by atoms with van der Waals surface area (Å²) in [6.07, 6.45) is 4.60. The molecule has 0 amide bonds. The first kappa shape index (κ1) is 21.3. The van der Waals surface area contributed by atoms with Gasteiger partial charge in [-0.15, -0.1) is 10.2 Å². The van der Waals surface area contributed by atoms with Gasteiger partial charge in [0.2, 0.25) is 0 Å². The van der Waals surface area contributed by atoms with Crippen LogP contribution in [0.4, 0.5) is 8.78 Å². The molecule has 8 heteroatoms. The van der Waals surface area contributed by atoms with E-state index in [4.69, 9.17) is 11.6 Å². The molecule has 34 heavy (non-hydrogen) atoms. The molecule has 7 rings (SSSR count). The third-order valence-corrected chi connectivity index (χ3v) is 9.24. The minimum atomic E-state index is -2.58. The van der Waals surface area contributed by atoms with Gasteiger partial charge in [0.1, 0.15) is 5.82 Å². The fraction of sp³-hybridized carbons (Fsp3) is 0.615. The van der Waals surface area contributed by atoms with Crippen molar-refractivity contribution in [2.75, 3.05) is 13.1 Å². The number of rotatable bonds is 4. The lowest BCUT2D eigenvalue weighted by atomic mass is 9.57. The lowest BCUT2D eigenvalue weighted by Crippen LogP contribution is -2.61. The highest BCUT2D eigenvalue weighted by Crippen LogP contribution is 2.58. The van der Waals surface area contributed by atoms with Crippen LogP contribution in [0.15, 0.2) is 30.5 Å². The van der Waals surface area contributed by atoms with Gasteiger partial charge in [0.25, 0.3) is 5.92 Å². The minimum Gasteiger partial charge on any atom is -0.374 e. The summed E-state index contributed by atoms with van der Waals surface area (Å²) < 4.78 is 29.9. The van der Waals surface area contributed by atoms with Crippen molar-refractivity contribution in [1.29, 1.82) is 0 Å². The number of halogens is 3. The number of aromatic nitrogens is 3. The summed E-state index contributed by atoms with van der Waals surface area (Å²) in [6, 6.07) is 5.91. The largest absolute Gasteiger partial charge is 0.374 e. The summed E-state index contributed by atoms with van der Waals surface area (Å²) >= 11 is 6.37. The summed E-state index contributed by atoms with van der Waals surface area (Å²) in [5, 5.41) is 9.92. The lowest BCUT2D eigenvalue weighted by Gasteiger charge is -2.60. The van der Waals surface area contributed by atoms with Crippen LogP contribution in [-0.2, 0) is 13.1 Å². The van der Waals surface area contributed by atoms with Crippen molar-refractivity contribution >= 4 is 11.6 Å². The first-order chi connectivity index (χ1) is 16.1. The molecule has 0 atom stereocenters. The maximum Gasteiger partial charge on any atom is 0.251 e. The van der Waals surface area contributed by atoms with Crippen LogP contribution in [0.25, 0.3) is 5.69 Å². The summed E-state index contributed by atoms with van der Waals surface area (Å²) in [4.78, 5) is 4.62. The van der Waals surface area contributed by atoms with Gasteiger partial charge in [0, 0.05) is 60.1 Å². The molecule has 3 aliphatic carbocycles. The molecule has 2 aliphatic heterocycles. The quantitative estimate of drug-likeness (QED) is 0.571. The first-order valence-corrected chi connectivity index (χ1v) is 12.8. The van der Waals surface area contributed by atoms with Gasteiger partial charge in [-0.2, -0.15) is 0 Å². The predicted molar refractivity (Wildman–Crippen MR) is 126 cm³/mol. The molecule has 1 aromatic carbocycles. The molecular weight excluding hydrogens is 456 g/mol. The Balaban J connectivity index is 1.16. The summed E-state index contributed by atoms with van der Waals surface area (Å²) in [7, 11) is 0. The van der Waals surface area contributed by atoms with E-state index in [0.717, 1.165) is 54.7 Å². The van der Waals surface area contributed by atoms with E-state index in [-0.39, 0.29) is 12.8 Å². The van der Waals surface area contributed by atoms with Crippen LogP contribution in [0.5, 0.6) is 0 Å². The highest BCUT2D eigenvalue weighted by molar-refractivity contribution is 6.30. The van der Waals surface area contributed by atoms with Gasteiger partial charge in [-0.05, 0) is 62.3 Å². The smallest absolute Gasteiger partial charge is 0.251 e. The monoisotopic (exact) mass is 485 g/mol. The number of hydrogen-bond donors (Lipinski definition) is 0. The van der Waals surface area contributed by atoms with Gasteiger partial charge in [0.05, 0.1) is 12.2 Å². The number of fused-ring (bicyclic) bond motifs is 3. The summed E-state index contributed by atoms with van der Waals surface area (Å²) in [5.74, 6) is 0.361. The fourth-order valence-corrected chi connectivity index (χ4v) is 7.22. The lowest BCUT2D eigenvalue weighted by molar-refractivity contribution is -0.173. The maximum atomic E-state index is 13.9. The summed E-state index contributed by atoms with van der Waals surface area (Å²) in [6.45, 7) is 9.58. The average Bonchev–Trinajstić information content (AvgIpc) is 3.48. The van der Waals surface area contributed by atoms with Crippen molar-refractivity contribution in [3.05, 3.63) is 52.7 Å². The molecule has 4 fully saturated rings. The zero-order chi connectivity index (χ0) is 23.5. The number of benzene rings is 1. The Morgan fingerprint density at radius 3 is 2.53 bits per heavy atom. The van der Waals surface area contributed by atoms with E-state index in [2.05, 4.69) is 31.1 Å². The van der Waals surface area contributed by atoms with Crippen LogP contribution < -0.4 is 0 Å². The predicted octanol–water partition coefficient (Wildman–Crippen LogP) is 5.53. The Morgan fingerprint density at radius 1 is 1.12 bits per heavy atom. The molecule has 1 aromatic heterocycles. The topological polar surface area (TPSA) is 37.2 Å². The number of nitrogens with zero attached hydrogens (tertiary/aromatic N) is 5. The van der Waals surface area contributed by atoms with Crippen molar-refractivity contribution in [2.24, 2.45) is 11.3 Å². The molecule has 0 bridgehead atoms. The summed E-state index contributed by atoms with van der Waals surface area (Å²) in [5.41, 5.74) is 3.26. The maximum absolute atomic E-state index is 13.9. The van der Waals surface area contributed by atoms with E-state index in [9.17, 15) is 8.78 Å². The zero-order valence-corrected chi connectivity index (χ0v) is 20.3. The number of alkyl halides is 2. The van der Waals surface area contributed by atoms with Crippen molar-refractivity contribution in [3.8, 4) is 5.69 Å². The molecule has 1 saturated heterocycles. The van der Waals surface area contributed by atoms with Crippen LogP contribution in [0, 0.1) is 11.3 Å². The molecule has 0 unspecified atom stereocenters. The molecule has 0 radical (unpaired) electrons. The van der Waals surface area contributed by atoms with Gasteiger partial charge in [-0.1, -0.05) is 18.2 Å². The van der Waals surface area contributed by atoms with E-state index >= 15 is 0 Å². The fourth-order valence-electron chi connectivity index (χ4n) is 7.03. The first-order valence-electron chi connectivity index (χ1n) is 12.4. The Kier molecular flexibility index (Phi) is 4.27. The Morgan fingerprint density at radius 2 is 1.85 bits per heavy atom. The van der Waals surface area contributed by atoms with Gasteiger partial charge in [0.15, 0.2) is 5.82 Å². The number of likely N-dealkylation sites (tertiary alicyclic amines) is 1. The van der Waals surface area contributed by atoms with Crippen molar-refractivity contribution in [3.63, 3.8) is 0 Å². The van der Waals surface area contributed by atoms with E-state index in [1.54, 1.807) is 0 Å². The highest BCUT2D eigenvalue weighted by atomic mass is 35.5.